The molecule has 15 heavy (non-hydrogen) atoms. The van der Waals surface area contributed by atoms with Gasteiger partial charge in [0.25, 0.3) is 0 Å². The molecule has 1 aromatic heterocycles. The molecule has 0 saturated carbocycles. The molecule has 1 aromatic carbocycles. The molecule has 2 rings (SSSR count). The van der Waals surface area contributed by atoms with Gasteiger partial charge in [0.05, 0.1) is 12.8 Å². The van der Waals surface area contributed by atoms with Gasteiger partial charge < -0.3 is 9.52 Å². The quantitative estimate of drug-likeness (QED) is 0.930. The van der Waals surface area contributed by atoms with Gasteiger partial charge in [0.15, 0.2) is 0 Å². The van der Waals surface area contributed by atoms with Gasteiger partial charge in [-0.2, -0.15) is 0 Å². The fraction of sp³-hybridized carbons (Fsp3) is 0.182. The minimum Gasteiger partial charge on any atom is -0.441 e. The van der Waals surface area contributed by atoms with E-state index in [0.29, 0.717) is 18.1 Å². The number of nitrogens with zero attached hydrogens (tertiary/aromatic N) is 1. The summed E-state index contributed by atoms with van der Waals surface area (Å²) in [6.07, 6.45) is 2.15. The average Bonchev–Trinajstić information content (AvgIpc) is 2.68. The van der Waals surface area contributed by atoms with Crippen molar-refractivity contribution >= 4 is 15.9 Å². The van der Waals surface area contributed by atoms with Gasteiger partial charge in [0.1, 0.15) is 5.76 Å². The minimum atomic E-state index is 0.0783. The number of hydrogen-bond donors (Lipinski definition) is 1. The molecular weight excluding hydrogens is 258 g/mol. The lowest BCUT2D eigenvalue weighted by Crippen LogP contribution is -1.86. The number of oxazole rings is 1. The number of halogens is 1. The molecule has 78 valence electrons. The molecule has 0 unspecified atom stereocenters. The summed E-state index contributed by atoms with van der Waals surface area (Å²) in [5.74, 6) is 1.29. The van der Waals surface area contributed by atoms with Gasteiger partial charge in [0, 0.05) is 16.5 Å². The number of aliphatic hydroxyl groups is 1. The van der Waals surface area contributed by atoms with Crippen LogP contribution in [-0.2, 0) is 6.42 Å². The third kappa shape index (κ3) is 2.46. The Bertz CT molecular complexity index is 436. The summed E-state index contributed by atoms with van der Waals surface area (Å²) >= 11 is 3.36. The van der Waals surface area contributed by atoms with Crippen LogP contribution in [0.3, 0.4) is 0 Å². The number of aromatic nitrogens is 1. The lowest BCUT2D eigenvalue weighted by Gasteiger charge is -1.95. The highest BCUT2D eigenvalue weighted by Crippen LogP contribution is 2.21. The first kappa shape index (κ1) is 10.4. The molecule has 0 spiro atoms. The van der Waals surface area contributed by atoms with Crippen LogP contribution in [0.1, 0.15) is 5.76 Å². The number of benzene rings is 1. The molecule has 0 aliphatic carbocycles. The van der Waals surface area contributed by atoms with Gasteiger partial charge >= 0.3 is 0 Å². The maximum atomic E-state index is 8.74. The molecule has 1 heterocycles. The summed E-state index contributed by atoms with van der Waals surface area (Å²) in [4.78, 5) is 4.14. The van der Waals surface area contributed by atoms with Gasteiger partial charge in [-0.25, -0.2) is 4.98 Å². The van der Waals surface area contributed by atoms with Crippen LogP contribution in [0.4, 0.5) is 0 Å². The summed E-state index contributed by atoms with van der Waals surface area (Å²) in [6, 6.07) is 7.73. The fourth-order valence-electron chi connectivity index (χ4n) is 1.26. The Balaban J connectivity index is 2.25. The van der Waals surface area contributed by atoms with E-state index in [-0.39, 0.29) is 6.61 Å². The third-order valence-corrected chi connectivity index (χ3v) is 2.53. The zero-order chi connectivity index (χ0) is 10.7. The maximum Gasteiger partial charge on any atom is 0.226 e. The predicted molar refractivity (Wildman–Crippen MR) is 60.4 cm³/mol. The second-order valence-electron chi connectivity index (χ2n) is 3.11. The SMILES string of the molecule is OCCc1cnc(-c2ccc(Br)cc2)o1. The monoisotopic (exact) mass is 267 g/mol. The van der Waals surface area contributed by atoms with Gasteiger partial charge in [-0.1, -0.05) is 15.9 Å². The Hall–Kier alpha value is -1.13. The van der Waals surface area contributed by atoms with Crippen LogP contribution in [0.25, 0.3) is 11.5 Å². The Morgan fingerprint density at radius 1 is 1.27 bits per heavy atom. The maximum absolute atomic E-state index is 8.74. The largest absolute Gasteiger partial charge is 0.441 e. The topological polar surface area (TPSA) is 46.3 Å². The van der Waals surface area contributed by atoms with Crippen molar-refractivity contribution in [1.82, 2.24) is 4.98 Å². The van der Waals surface area contributed by atoms with Gasteiger partial charge in [-0.15, -0.1) is 0 Å². The summed E-state index contributed by atoms with van der Waals surface area (Å²) in [5, 5.41) is 8.74. The molecule has 1 N–H and O–H groups in total. The zero-order valence-electron chi connectivity index (χ0n) is 7.98. The molecule has 0 bridgehead atoms. The average molecular weight is 268 g/mol. The van der Waals surface area contributed by atoms with Crippen molar-refractivity contribution in [2.45, 2.75) is 6.42 Å². The van der Waals surface area contributed by atoms with E-state index in [1.807, 2.05) is 24.3 Å². The predicted octanol–water partition coefficient (Wildman–Crippen LogP) is 2.64. The van der Waals surface area contributed by atoms with Crippen LogP contribution in [0.5, 0.6) is 0 Å². The molecule has 0 amide bonds. The Kier molecular flexibility index (Phi) is 3.18. The van der Waals surface area contributed by atoms with Crippen molar-refractivity contribution in [2.24, 2.45) is 0 Å². The Morgan fingerprint density at radius 3 is 2.67 bits per heavy atom. The molecule has 2 aromatic rings. The van der Waals surface area contributed by atoms with Crippen molar-refractivity contribution in [3.05, 3.63) is 40.7 Å². The standard InChI is InChI=1S/C11H10BrNO2/c12-9-3-1-8(2-4-9)11-13-7-10(15-11)5-6-14/h1-4,7,14H,5-6H2. The van der Waals surface area contributed by atoms with Gasteiger partial charge in [-0.3, -0.25) is 0 Å². The Labute approximate surface area is 95.9 Å². The van der Waals surface area contributed by atoms with Gasteiger partial charge in [0.2, 0.25) is 5.89 Å². The van der Waals surface area contributed by atoms with E-state index in [0.717, 1.165) is 10.0 Å². The van der Waals surface area contributed by atoms with Crippen molar-refractivity contribution in [1.29, 1.82) is 0 Å². The summed E-state index contributed by atoms with van der Waals surface area (Å²) in [7, 11) is 0. The highest BCUT2D eigenvalue weighted by Gasteiger charge is 2.05. The Morgan fingerprint density at radius 2 is 2.00 bits per heavy atom. The molecule has 0 aliphatic rings. The second kappa shape index (κ2) is 4.59. The summed E-state index contributed by atoms with van der Waals surface area (Å²) < 4.78 is 6.49. The summed E-state index contributed by atoms with van der Waals surface area (Å²) in [6.45, 7) is 0.0783. The molecule has 0 radical (unpaired) electrons. The van der Waals surface area contributed by atoms with Crippen molar-refractivity contribution in [3.8, 4) is 11.5 Å². The summed E-state index contributed by atoms with van der Waals surface area (Å²) in [5.41, 5.74) is 0.933. The van der Waals surface area contributed by atoms with Gasteiger partial charge in [-0.05, 0) is 24.3 Å². The van der Waals surface area contributed by atoms with Crippen LogP contribution in [-0.4, -0.2) is 16.7 Å². The molecule has 0 saturated heterocycles. The lowest BCUT2D eigenvalue weighted by atomic mass is 10.2. The number of hydrogen-bond acceptors (Lipinski definition) is 3. The molecular formula is C11H10BrNO2. The van der Waals surface area contributed by atoms with E-state index >= 15 is 0 Å². The van der Waals surface area contributed by atoms with E-state index < -0.39 is 0 Å². The van der Waals surface area contributed by atoms with Crippen molar-refractivity contribution in [2.75, 3.05) is 6.61 Å². The normalized spacial score (nSPS) is 10.5. The molecule has 4 heteroatoms. The van der Waals surface area contributed by atoms with Crippen LogP contribution in [0, 0.1) is 0 Å². The first-order valence-corrected chi connectivity index (χ1v) is 5.40. The second-order valence-corrected chi connectivity index (χ2v) is 4.03. The zero-order valence-corrected chi connectivity index (χ0v) is 9.57. The van der Waals surface area contributed by atoms with E-state index in [1.54, 1.807) is 6.20 Å². The van der Waals surface area contributed by atoms with E-state index in [1.165, 1.54) is 0 Å². The third-order valence-electron chi connectivity index (χ3n) is 2.00. The number of aliphatic hydroxyl groups excluding tert-OH is 1. The fourth-order valence-corrected chi connectivity index (χ4v) is 1.52. The molecule has 0 fully saturated rings. The van der Waals surface area contributed by atoms with Crippen molar-refractivity contribution < 1.29 is 9.52 Å². The van der Waals surface area contributed by atoms with Crippen LogP contribution in [0.2, 0.25) is 0 Å². The highest BCUT2D eigenvalue weighted by atomic mass is 79.9. The van der Waals surface area contributed by atoms with E-state index in [4.69, 9.17) is 9.52 Å². The van der Waals surface area contributed by atoms with E-state index in [2.05, 4.69) is 20.9 Å². The smallest absolute Gasteiger partial charge is 0.226 e. The van der Waals surface area contributed by atoms with Crippen LogP contribution in [0.15, 0.2) is 39.4 Å². The molecule has 3 nitrogen and oxygen atoms in total. The highest BCUT2D eigenvalue weighted by molar-refractivity contribution is 9.10. The van der Waals surface area contributed by atoms with Crippen LogP contribution >= 0.6 is 15.9 Å². The molecule has 0 aliphatic heterocycles. The first-order valence-electron chi connectivity index (χ1n) is 4.61. The molecule has 0 atom stereocenters. The van der Waals surface area contributed by atoms with Crippen molar-refractivity contribution in [3.63, 3.8) is 0 Å². The van der Waals surface area contributed by atoms with Crippen LogP contribution < -0.4 is 0 Å². The number of rotatable bonds is 3. The lowest BCUT2D eigenvalue weighted by molar-refractivity contribution is 0.288. The van der Waals surface area contributed by atoms with E-state index in [9.17, 15) is 0 Å². The minimum absolute atomic E-state index is 0.0783. The first-order chi connectivity index (χ1) is 7.29.